The first-order chi connectivity index (χ1) is 22.4. The van der Waals surface area contributed by atoms with Crippen LogP contribution in [0.1, 0.15) is 68.1 Å². The molecule has 4 aliphatic heterocycles. The fourth-order valence-corrected chi connectivity index (χ4v) is 7.06. The molecule has 0 atom stereocenters. The fraction of sp³-hybridized carbons (Fsp3) is 0.588. The van der Waals surface area contributed by atoms with Crippen LogP contribution in [-0.4, -0.2) is 153 Å². The van der Waals surface area contributed by atoms with Crippen LogP contribution in [-0.2, 0) is 9.47 Å². The van der Waals surface area contributed by atoms with Gasteiger partial charge in [-0.15, -0.1) is 0 Å². The normalized spacial score (nSPS) is 19.2. The smallest absolute Gasteiger partial charge is 0.263 e. The summed E-state index contributed by atoms with van der Waals surface area (Å²) in [4.78, 5) is 65.4. The SMILES string of the molecule is CCN(CC)CCNc1cc2c3c(ccc4c3c1C(=O)N(CCCN1CCOCC1)C4=O)C(=O)N(CCCN1CCOCC1)C2=O. The van der Waals surface area contributed by atoms with E-state index in [-0.39, 0.29) is 30.2 Å². The van der Waals surface area contributed by atoms with Gasteiger partial charge >= 0.3 is 0 Å². The van der Waals surface area contributed by atoms with E-state index in [1.807, 2.05) is 0 Å². The topological polar surface area (TPSA) is 115 Å². The van der Waals surface area contributed by atoms with Gasteiger partial charge in [-0.2, -0.15) is 0 Å². The first kappa shape index (κ1) is 32.5. The highest BCUT2D eigenvalue weighted by atomic mass is 16.5. The Bertz CT molecular complexity index is 1480. The van der Waals surface area contributed by atoms with Gasteiger partial charge in [-0.05, 0) is 44.1 Å². The van der Waals surface area contributed by atoms with E-state index >= 15 is 0 Å². The third kappa shape index (κ3) is 6.41. The summed E-state index contributed by atoms with van der Waals surface area (Å²) in [5.41, 5.74) is 1.96. The maximum absolute atomic E-state index is 14.2. The van der Waals surface area contributed by atoms with Gasteiger partial charge in [-0.3, -0.25) is 38.8 Å². The summed E-state index contributed by atoms with van der Waals surface area (Å²) in [6, 6.07) is 5.05. The van der Waals surface area contributed by atoms with Gasteiger partial charge in [0.2, 0.25) is 0 Å². The fourth-order valence-electron chi connectivity index (χ4n) is 7.06. The van der Waals surface area contributed by atoms with E-state index in [9.17, 15) is 19.2 Å². The average molecular weight is 635 g/mol. The van der Waals surface area contributed by atoms with Crippen molar-refractivity contribution in [3.63, 3.8) is 0 Å². The molecule has 0 spiro atoms. The number of hydrogen-bond acceptors (Lipinski definition) is 10. The van der Waals surface area contributed by atoms with Gasteiger partial charge in [0, 0.05) is 93.0 Å². The molecule has 4 amide bonds. The summed E-state index contributed by atoms with van der Waals surface area (Å²) in [6.45, 7) is 15.5. The zero-order chi connectivity index (χ0) is 32.2. The molecule has 6 rings (SSSR count). The Morgan fingerprint density at radius 2 is 1.17 bits per heavy atom. The van der Waals surface area contributed by atoms with Crippen molar-refractivity contribution in [2.75, 3.05) is 110 Å². The lowest BCUT2D eigenvalue weighted by atomic mass is 9.84. The van der Waals surface area contributed by atoms with Crippen molar-refractivity contribution in [3.05, 3.63) is 40.5 Å². The highest BCUT2D eigenvalue weighted by molar-refractivity contribution is 6.34. The molecular weight excluding hydrogens is 588 g/mol. The summed E-state index contributed by atoms with van der Waals surface area (Å²) < 4.78 is 10.9. The molecule has 0 radical (unpaired) electrons. The molecule has 4 heterocycles. The third-order valence-corrected chi connectivity index (χ3v) is 9.73. The molecule has 2 fully saturated rings. The third-order valence-electron chi connectivity index (χ3n) is 9.73. The number of morpholine rings is 2. The van der Waals surface area contributed by atoms with Crippen LogP contribution in [0.25, 0.3) is 10.8 Å². The van der Waals surface area contributed by atoms with Crippen molar-refractivity contribution in [2.45, 2.75) is 26.7 Å². The lowest BCUT2D eigenvalue weighted by Crippen LogP contribution is -2.45. The van der Waals surface area contributed by atoms with Crippen molar-refractivity contribution in [1.29, 1.82) is 0 Å². The van der Waals surface area contributed by atoms with Crippen LogP contribution >= 0.6 is 0 Å². The maximum atomic E-state index is 14.2. The number of likely N-dealkylation sites (N-methyl/N-ethyl adjacent to an activating group) is 1. The van der Waals surface area contributed by atoms with Crippen molar-refractivity contribution in [2.24, 2.45) is 0 Å². The van der Waals surface area contributed by atoms with Gasteiger partial charge in [-0.1, -0.05) is 13.8 Å². The maximum Gasteiger partial charge on any atom is 0.263 e. The zero-order valence-electron chi connectivity index (χ0n) is 27.1. The molecule has 0 saturated carbocycles. The highest BCUT2D eigenvalue weighted by Gasteiger charge is 2.41. The van der Waals surface area contributed by atoms with Crippen molar-refractivity contribution in [3.8, 4) is 0 Å². The largest absolute Gasteiger partial charge is 0.383 e. The molecule has 2 aromatic rings. The van der Waals surface area contributed by atoms with E-state index in [0.717, 1.165) is 58.9 Å². The average Bonchev–Trinajstić information content (AvgIpc) is 3.08. The Morgan fingerprint density at radius 1 is 0.674 bits per heavy atom. The predicted octanol–water partition coefficient (Wildman–Crippen LogP) is 2.23. The number of carbonyl (C=O) groups excluding carboxylic acids is 4. The number of carbonyl (C=O) groups is 4. The van der Waals surface area contributed by atoms with Crippen LogP contribution in [0.2, 0.25) is 0 Å². The summed E-state index contributed by atoms with van der Waals surface area (Å²) in [6.07, 6.45) is 1.30. The zero-order valence-corrected chi connectivity index (χ0v) is 27.1. The van der Waals surface area contributed by atoms with E-state index in [4.69, 9.17) is 9.47 Å². The molecule has 248 valence electrons. The molecule has 0 bridgehead atoms. The quantitative estimate of drug-likeness (QED) is 0.311. The summed E-state index contributed by atoms with van der Waals surface area (Å²) in [5.74, 6) is -1.54. The molecule has 12 heteroatoms. The Kier molecular flexibility index (Phi) is 10.3. The van der Waals surface area contributed by atoms with Crippen molar-refractivity contribution >= 4 is 40.1 Å². The van der Waals surface area contributed by atoms with E-state index in [1.54, 1.807) is 18.2 Å². The summed E-state index contributed by atoms with van der Waals surface area (Å²) >= 11 is 0. The Hall–Kier alpha value is -3.42. The number of rotatable bonds is 14. The predicted molar refractivity (Wildman–Crippen MR) is 175 cm³/mol. The molecule has 2 saturated heterocycles. The van der Waals surface area contributed by atoms with E-state index in [1.165, 1.54) is 9.80 Å². The number of hydrogen-bond donors (Lipinski definition) is 1. The van der Waals surface area contributed by atoms with Gasteiger partial charge in [-0.25, -0.2) is 0 Å². The summed E-state index contributed by atoms with van der Waals surface area (Å²) in [5, 5.41) is 4.27. The van der Waals surface area contributed by atoms with Crippen LogP contribution in [0.4, 0.5) is 5.69 Å². The van der Waals surface area contributed by atoms with Gasteiger partial charge < -0.3 is 19.7 Å². The number of imide groups is 2. The number of amides is 4. The molecule has 1 N–H and O–H groups in total. The van der Waals surface area contributed by atoms with Gasteiger partial charge in [0.15, 0.2) is 0 Å². The van der Waals surface area contributed by atoms with Crippen LogP contribution in [0.3, 0.4) is 0 Å². The lowest BCUT2D eigenvalue weighted by molar-refractivity contribution is 0.0351. The Morgan fingerprint density at radius 3 is 1.72 bits per heavy atom. The highest BCUT2D eigenvalue weighted by Crippen LogP contribution is 2.41. The second kappa shape index (κ2) is 14.6. The van der Waals surface area contributed by atoms with Crippen LogP contribution in [0.15, 0.2) is 18.2 Å². The van der Waals surface area contributed by atoms with Crippen LogP contribution in [0, 0.1) is 0 Å². The standard InChI is InChI=1S/C34H46N6O6/c1-3-36(4-2)14-9-35-27-23-26-28-24(31(41)39(33(26)43)12-5-10-37-15-19-45-20-16-37)7-8-25-29(28)30(27)34(44)40(32(25)42)13-6-11-38-17-21-46-22-18-38/h7-8,23,35H,3-6,9-22H2,1-2H3. The van der Waals surface area contributed by atoms with Crippen LogP contribution in [0.5, 0.6) is 0 Å². The van der Waals surface area contributed by atoms with Crippen molar-refractivity contribution < 1.29 is 28.7 Å². The molecule has 2 aromatic carbocycles. The molecule has 4 aliphatic rings. The Labute approximate surface area is 270 Å². The van der Waals surface area contributed by atoms with E-state index in [2.05, 4.69) is 33.9 Å². The molecule has 0 unspecified atom stereocenters. The second-order valence-corrected chi connectivity index (χ2v) is 12.4. The monoisotopic (exact) mass is 634 g/mol. The van der Waals surface area contributed by atoms with Gasteiger partial charge in [0.05, 0.1) is 37.6 Å². The van der Waals surface area contributed by atoms with E-state index < -0.39 is 0 Å². The molecule has 46 heavy (non-hydrogen) atoms. The molecule has 0 aromatic heterocycles. The molecule has 12 nitrogen and oxygen atoms in total. The van der Waals surface area contributed by atoms with Crippen molar-refractivity contribution in [1.82, 2.24) is 24.5 Å². The van der Waals surface area contributed by atoms with Crippen LogP contribution < -0.4 is 5.32 Å². The van der Waals surface area contributed by atoms with E-state index in [0.29, 0.717) is 91.1 Å². The number of nitrogens with zero attached hydrogens (tertiary/aromatic N) is 5. The minimum absolute atomic E-state index is 0.285. The van der Waals surface area contributed by atoms with Gasteiger partial charge in [0.25, 0.3) is 23.6 Å². The summed E-state index contributed by atoms with van der Waals surface area (Å²) in [7, 11) is 0. The number of ether oxygens (including phenoxy) is 2. The first-order valence-electron chi connectivity index (χ1n) is 16.8. The molecule has 0 aliphatic carbocycles. The Balaban J connectivity index is 1.31. The first-order valence-corrected chi connectivity index (χ1v) is 16.8. The lowest BCUT2D eigenvalue weighted by Gasteiger charge is -2.34. The minimum atomic E-state index is -0.388. The molecular formula is C34H46N6O6. The van der Waals surface area contributed by atoms with Gasteiger partial charge in [0.1, 0.15) is 0 Å². The number of nitrogens with one attached hydrogen (secondary N) is 1. The minimum Gasteiger partial charge on any atom is -0.383 e. The number of anilines is 1. The second-order valence-electron chi connectivity index (χ2n) is 12.4. The number of benzene rings is 2.